The van der Waals surface area contributed by atoms with Crippen molar-refractivity contribution < 1.29 is 9.53 Å². The Labute approximate surface area is 224 Å². The molecule has 0 aliphatic carbocycles. The summed E-state index contributed by atoms with van der Waals surface area (Å²) in [6.07, 6.45) is 5.75. The van der Waals surface area contributed by atoms with Crippen LogP contribution in [-0.4, -0.2) is 104 Å². The maximum absolute atomic E-state index is 11.3. The van der Waals surface area contributed by atoms with Crippen molar-refractivity contribution in [2.75, 3.05) is 77.3 Å². The van der Waals surface area contributed by atoms with Gasteiger partial charge in [0.2, 0.25) is 0 Å². The van der Waals surface area contributed by atoms with Crippen LogP contribution in [0.1, 0.15) is 19.3 Å². The van der Waals surface area contributed by atoms with Gasteiger partial charge in [-0.15, -0.1) is 0 Å². The van der Waals surface area contributed by atoms with Gasteiger partial charge in [0, 0.05) is 50.6 Å². The number of nitrogens with zero attached hydrogens (tertiary/aromatic N) is 5. The Hall–Kier alpha value is -2.72. The smallest absolute Gasteiger partial charge is 0.159 e. The van der Waals surface area contributed by atoms with Crippen LogP contribution in [0.2, 0.25) is 5.02 Å². The molecule has 3 heterocycles. The van der Waals surface area contributed by atoms with E-state index in [0.717, 1.165) is 93.2 Å². The van der Waals surface area contributed by atoms with E-state index in [4.69, 9.17) is 21.3 Å². The third-order valence-electron chi connectivity index (χ3n) is 6.98. The number of likely N-dealkylation sites (tertiary alicyclic amines) is 1. The number of hydrogen-bond acceptors (Lipinski definition) is 8. The molecule has 0 atom stereocenters. The van der Waals surface area contributed by atoms with Crippen LogP contribution in [0.5, 0.6) is 0 Å². The molecular formula is C27H38ClN7O2. The molecule has 37 heavy (non-hydrogen) atoms. The van der Waals surface area contributed by atoms with Crippen molar-refractivity contribution in [1.29, 1.82) is 0 Å². The van der Waals surface area contributed by atoms with Gasteiger partial charge in [-0.1, -0.05) is 11.6 Å². The summed E-state index contributed by atoms with van der Waals surface area (Å²) in [4.78, 5) is 30.7. The number of halogens is 1. The van der Waals surface area contributed by atoms with Gasteiger partial charge in [0.05, 0.1) is 23.5 Å². The van der Waals surface area contributed by atoms with Crippen molar-refractivity contribution in [3.63, 3.8) is 0 Å². The van der Waals surface area contributed by atoms with Crippen LogP contribution >= 0.6 is 11.6 Å². The van der Waals surface area contributed by atoms with E-state index in [1.807, 2.05) is 24.3 Å². The van der Waals surface area contributed by atoms with E-state index in [0.29, 0.717) is 23.3 Å². The van der Waals surface area contributed by atoms with E-state index in [2.05, 4.69) is 44.1 Å². The summed E-state index contributed by atoms with van der Waals surface area (Å²) in [5.74, 6) is 0.738. The fraction of sp³-hybridized carbons (Fsp3) is 0.519. The van der Waals surface area contributed by atoms with E-state index < -0.39 is 0 Å². The van der Waals surface area contributed by atoms with Crippen LogP contribution in [0, 0.1) is 0 Å². The highest BCUT2D eigenvalue weighted by molar-refractivity contribution is 6.34. The first-order chi connectivity index (χ1) is 18.0. The molecule has 1 fully saturated rings. The number of pyridine rings is 1. The number of nitrogens with one attached hydrogen (secondary N) is 2. The zero-order valence-corrected chi connectivity index (χ0v) is 22.8. The number of hydrogen-bond donors (Lipinski definition) is 2. The molecule has 9 nitrogen and oxygen atoms in total. The molecule has 1 aliphatic heterocycles. The van der Waals surface area contributed by atoms with Crippen molar-refractivity contribution in [3.05, 3.63) is 35.5 Å². The van der Waals surface area contributed by atoms with Crippen molar-refractivity contribution >= 4 is 40.4 Å². The normalized spacial score (nSPS) is 14.9. The number of carbonyl (C=O) groups excluding carboxylic acids is 1. The molecule has 1 aliphatic rings. The average molecular weight is 528 g/mol. The van der Waals surface area contributed by atoms with Crippen LogP contribution in [0.25, 0.3) is 22.6 Å². The molecule has 4 rings (SSSR count). The predicted molar refractivity (Wildman–Crippen MR) is 151 cm³/mol. The monoisotopic (exact) mass is 527 g/mol. The van der Waals surface area contributed by atoms with Gasteiger partial charge in [0.25, 0.3) is 0 Å². The third-order valence-corrected chi connectivity index (χ3v) is 7.26. The molecule has 2 N–H and O–H groups in total. The summed E-state index contributed by atoms with van der Waals surface area (Å²) in [7, 11) is 5.97. The second-order valence-electron chi connectivity index (χ2n) is 9.79. The number of fused-ring (bicyclic) bond motifs is 1. The largest absolute Gasteiger partial charge is 0.385 e. The highest BCUT2D eigenvalue weighted by Crippen LogP contribution is 2.32. The fourth-order valence-corrected chi connectivity index (χ4v) is 4.88. The van der Waals surface area contributed by atoms with Crippen LogP contribution in [0.15, 0.2) is 30.5 Å². The van der Waals surface area contributed by atoms with Crippen molar-refractivity contribution in [2.24, 2.45) is 0 Å². The predicted octanol–water partition coefficient (Wildman–Crippen LogP) is 3.76. The van der Waals surface area contributed by atoms with Crippen LogP contribution < -0.4 is 10.2 Å². The fourth-order valence-electron chi connectivity index (χ4n) is 4.69. The molecule has 0 spiro atoms. The maximum Gasteiger partial charge on any atom is 0.159 e. The summed E-state index contributed by atoms with van der Waals surface area (Å²) < 4.78 is 5.14. The highest BCUT2D eigenvalue weighted by atomic mass is 35.5. The van der Waals surface area contributed by atoms with Gasteiger partial charge in [0.1, 0.15) is 17.6 Å². The Morgan fingerprint density at radius 2 is 1.97 bits per heavy atom. The number of aromatic nitrogens is 3. The van der Waals surface area contributed by atoms with Gasteiger partial charge in [-0.2, -0.15) is 0 Å². The highest BCUT2D eigenvalue weighted by Gasteiger charge is 2.20. The number of likely N-dealkylation sites (N-methyl/N-ethyl adjacent to an activating group) is 1. The molecule has 1 saturated heterocycles. The number of benzene rings is 1. The third kappa shape index (κ3) is 7.19. The minimum absolute atomic E-state index is 0.351. The Bertz CT molecular complexity index is 1150. The molecule has 0 saturated carbocycles. The number of piperidine rings is 1. The van der Waals surface area contributed by atoms with E-state index in [1.54, 1.807) is 13.3 Å². The number of H-pyrrole nitrogens is 1. The first-order valence-electron chi connectivity index (χ1n) is 12.9. The number of imidazole rings is 1. The zero-order valence-electron chi connectivity index (χ0n) is 22.0. The molecule has 0 bridgehead atoms. The first-order valence-corrected chi connectivity index (χ1v) is 13.3. The summed E-state index contributed by atoms with van der Waals surface area (Å²) >= 11 is 6.55. The average Bonchev–Trinajstić information content (AvgIpc) is 3.34. The number of ether oxygens (including phenoxy) is 1. The Morgan fingerprint density at radius 3 is 2.68 bits per heavy atom. The van der Waals surface area contributed by atoms with E-state index in [9.17, 15) is 4.79 Å². The molecule has 3 aromatic rings. The number of anilines is 2. The topological polar surface area (TPSA) is 89.6 Å². The molecule has 2 aromatic heterocycles. The lowest BCUT2D eigenvalue weighted by molar-refractivity contribution is -0.106. The second kappa shape index (κ2) is 13.2. The Morgan fingerprint density at radius 1 is 1.22 bits per heavy atom. The molecule has 1 aromatic carbocycles. The minimum atomic E-state index is 0.351. The number of methoxy groups -OCH3 is 1. The van der Waals surface area contributed by atoms with Gasteiger partial charge < -0.3 is 34.5 Å². The zero-order chi connectivity index (χ0) is 26.2. The first kappa shape index (κ1) is 27.3. The van der Waals surface area contributed by atoms with Gasteiger partial charge in [-0.3, -0.25) is 0 Å². The van der Waals surface area contributed by atoms with Gasteiger partial charge in [-0.05, 0) is 70.7 Å². The lowest BCUT2D eigenvalue weighted by atomic mass is 10.1. The van der Waals surface area contributed by atoms with Crippen LogP contribution in [0.3, 0.4) is 0 Å². The number of rotatable bonds is 13. The number of aromatic amines is 1. The van der Waals surface area contributed by atoms with Crippen molar-refractivity contribution in [1.82, 2.24) is 24.8 Å². The quantitative estimate of drug-likeness (QED) is 0.256. The molecule has 0 unspecified atom stereocenters. The van der Waals surface area contributed by atoms with Crippen LogP contribution in [-0.2, 0) is 9.53 Å². The standard InChI is InChI=1S/C27H38ClN7O2/c1-33(11-4-18-37-3)14-15-35(16-17-36)22-7-5-20(6-8-22)26-31-25-24(23(28)19-29-27(25)32-26)30-21-9-12-34(2)13-10-21/h5-8,17,19,21H,4,9-16,18H2,1-3H3,(H2,29,30,31,32). The number of carbonyl (C=O) groups is 1. The maximum atomic E-state index is 11.3. The van der Waals surface area contributed by atoms with E-state index >= 15 is 0 Å². The molecule has 10 heteroatoms. The van der Waals surface area contributed by atoms with Crippen molar-refractivity contribution in [3.8, 4) is 11.4 Å². The lowest BCUT2D eigenvalue weighted by Crippen LogP contribution is -2.36. The molecule has 200 valence electrons. The van der Waals surface area contributed by atoms with E-state index in [-0.39, 0.29) is 0 Å². The van der Waals surface area contributed by atoms with Gasteiger partial charge in [0.15, 0.2) is 5.65 Å². The van der Waals surface area contributed by atoms with Gasteiger partial charge >= 0.3 is 0 Å². The summed E-state index contributed by atoms with van der Waals surface area (Å²) in [6.45, 7) is 5.82. The Balaban J connectivity index is 1.47. The summed E-state index contributed by atoms with van der Waals surface area (Å²) in [5.41, 5.74) is 4.25. The van der Waals surface area contributed by atoms with Crippen molar-refractivity contribution in [2.45, 2.75) is 25.3 Å². The number of aldehydes is 1. The van der Waals surface area contributed by atoms with Gasteiger partial charge in [-0.25, -0.2) is 9.97 Å². The minimum Gasteiger partial charge on any atom is -0.385 e. The lowest BCUT2D eigenvalue weighted by Gasteiger charge is -2.30. The second-order valence-corrected chi connectivity index (χ2v) is 10.2. The Kier molecular flexibility index (Phi) is 9.74. The SMILES string of the molecule is COCCCN(C)CCN(CC=O)c1ccc(-c2nc3c(NC4CCN(C)CC4)c(Cl)cnc3[nH]2)cc1. The molecular weight excluding hydrogens is 490 g/mol. The van der Waals surface area contributed by atoms with E-state index in [1.165, 1.54) is 0 Å². The molecule has 0 amide bonds. The molecule has 0 radical (unpaired) electrons. The summed E-state index contributed by atoms with van der Waals surface area (Å²) in [5, 5.41) is 4.20. The van der Waals surface area contributed by atoms with Crippen LogP contribution in [0.4, 0.5) is 11.4 Å². The summed E-state index contributed by atoms with van der Waals surface area (Å²) in [6, 6.07) is 8.49.